The molecule has 2 aromatic heterocycles. The molecule has 2 heterocycles. The minimum Gasteiger partial charge on any atom is -0.487 e. The van der Waals surface area contributed by atoms with Crippen LogP contribution in [0.5, 0.6) is 5.75 Å². The van der Waals surface area contributed by atoms with Gasteiger partial charge in [-0.15, -0.1) is 0 Å². The van der Waals surface area contributed by atoms with Gasteiger partial charge in [0.25, 0.3) is 5.91 Å². The maximum Gasteiger partial charge on any atom is 0.269 e. The van der Waals surface area contributed by atoms with E-state index in [0.717, 1.165) is 11.3 Å². The first kappa shape index (κ1) is 17.5. The topological polar surface area (TPSA) is 84.7 Å². The number of carbonyl (C=O) groups excluding carboxylic acids is 2. The molecule has 134 valence electrons. The zero-order valence-electron chi connectivity index (χ0n) is 14.6. The number of hydrazine groups is 1. The summed E-state index contributed by atoms with van der Waals surface area (Å²) in [7, 11) is 0. The average molecular weight is 352 g/mol. The Morgan fingerprint density at radius 2 is 2.00 bits per heavy atom. The molecule has 0 unspecified atom stereocenters. The molecule has 2 N–H and O–H groups in total. The number of pyridine rings is 1. The Labute approximate surface area is 151 Å². The highest BCUT2D eigenvalue weighted by molar-refractivity contribution is 5.95. The molecule has 3 aromatic rings. The smallest absolute Gasteiger partial charge is 0.269 e. The molecule has 0 radical (unpaired) electrons. The number of benzene rings is 1. The molecule has 7 heteroatoms. The van der Waals surface area contributed by atoms with E-state index in [0.29, 0.717) is 11.3 Å². The van der Waals surface area contributed by atoms with Crippen molar-refractivity contribution < 1.29 is 14.3 Å². The highest BCUT2D eigenvalue weighted by Crippen LogP contribution is 2.15. The molecule has 7 nitrogen and oxygen atoms in total. The van der Waals surface area contributed by atoms with E-state index in [1.807, 2.05) is 35.0 Å². The monoisotopic (exact) mass is 352 g/mol. The number of rotatable bonds is 5. The fraction of sp³-hybridized carbons (Fsp3) is 0.211. The van der Waals surface area contributed by atoms with Crippen molar-refractivity contribution in [2.45, 2.75) is 20.5 Å². The van der Waals surface area contributed by atoms with Gasteiger partial charge >= 0.3 is 0 Å². The summed E-state index contributed by atoms with van der Waals surface area (Å²) in [5.74, 6) is -0.324. The van der Waals surface area contributed by atoms with Gasteiger partial charge in [-0.05, 0) is 30.3 Å². The molecule has 26 heavy (non-hydrogen) atoms. The van der Waals surface area contributed by atoms with Crippen molar-refractivity contribution in [3.05, 3.63) is 66.1 Å². The van der Waals surface area contributed by atoms with Crippen LogP contribution in [0, 0.1) is 5.92 Å². The summed E-state index contributed by atoms with van der Waals surface area (Å²) < 4.78 is 7.65. The molecular weight excluding hydrogens is 332 g/mol. The van der Waals surface area contributed by atoms with Crippen LogP contribution in [-0.2, 0) is 11.4 Å². The van der Waals surface area contributed by atoms with Crippen LogP contribution >= 0.6 is 0 Å². The number of nitrogens with zero attached hydrogens (tertiary/aromatic N) is 2. The van der Waals surface area contributed by atoms with Crippen LogP contribution in [-0.4, -0.2) is 21.2 Å². The lowest BCUT2D eigenvalue weighted by Crippen LogP contribution is -2.43. The fourth-order valence-corrected chi connectivity index (χ4v) is 2.28. The van der Waals surface area contributed by atoms with Crippen LogP contribution in [0.4, 0.5) is 0 Å². The minimum atomic E-state index is -0.405. The number of nitrogens with one attached hydrogen (secondary N) is 2. The number of fused-ring (bicyclic) bond motifs is 1. The molecular formula is C19H20N4O3. The molecule has 0 aliphatic heterocycles. The standard InChI is InChI=1S/C19H20N4O3/c1-13(2)18(24)21-22-19(25)14-6-5-7-16(10-14)26-12-15-11-23-9-4-3-8-17(23)20-15/h3-11,13H,12H2,1-2H3,(H,21,24)(H,22,25). The lowest BCUT2D eigenvalue weighted by Gasteiger charge is -2.10. The molecule has 2 amide bonds. The van der Waals surface area contributed by atoms with Crippen LogP contribution in [0.15, 0.2) is 54.9 Å². The van der Waals surface area contributed by atoms with Gasteiger partial charge in [-0.2, -0.15) is 0 Å². The zero-order valence-corrected chi connectivity index (χ0v) is 14.6. The van der Waals surface area contributed by atoms with E-state index < -0.39 is 5.91 Å². The Morgan fingerprint density at radius 1 is 1.15 bits per heavy atom. The number of aromatic nitrogens is 2. The van der Waals surface area contributed by atoms with Gasteiger partial charge in [0.05, 0.1) is 5.69 Å². The molecule has 0 atom stereocenters. The van der Waals surface area contributed by atoms with Crippen molar-refractivity contribution in [3.8, 4) is 5.75 Å². The molecule has 0 fully saturated rings. The van der Waals surface area contributed by atoms with Gasteiger partial charge in [0.2, 0.25) is 5.91 Å². The van der Waals surface area contributed by atoms with Crippen molar-refractivity contribution in [2.75, 3.05) is 0 Å². The summed E-state index contributed by atoms with van der Waals surface area (Å²) in [6.07, 6.45) is 3.82. The Morgan fingerprint density at radius 3 is 2.77 bits per heavy atom. The number of amides is 2. The number of hydrogen-bond donors (Lipinski definition) is 2. The maximum atomic E-state index is 12.1. The largest absolute Gasteiger partial charge is 0.487 e. The molecule has 0 spiro atoms. The van der Waals surface area contributed by atoms with E-state index in [1.165, 1.54) is 0 Å². The Hall–Kier alpha value is -3.35. The molecule has 1 aromatic carbocycles. The molecule has 0 saturated heterocycles. The quantitative estimate of drug-likeness (QED) is 0.690. The number of imidazole rings is 1. The third-order valence-corrected chi connectivity index (χ3v) is 3.72. The number of hydrogen-bond acceptors (Lipinski definition) is 4. The van der Waals surface area contributed by atoms with E-state index >= 15 is 0 Å². The van der Waals surface area contributed by atoms with Gasteiger partial charge in [-0.1, -0.05) is 26.0 Å². The summed E-state index contributed by atoms with van der Waals surface area (Å²) in [5.41, 5.74) is 6.79. The Kier molecular flexibility index (Phi) is 5.17. The van der Waals surface area contributed by atoms with E-state index in [4.69, 9.17) is 4.74 Å². The van der Waals surface area contributed by atoms with Crippen LogP contribution in [0.3, 0.4) is 0 Å². The SMILES string of the molecule is CC(C)C(=O)NNC(=O)c1cccc(OCc2cn3ccccc3n2)c1. The highest BCUT2D eigenvalue weighted by Gasteiger charge is 2.11. The third kappa shape index (κ3) is 4.18. The predicted molar refractivity (Wildman–Crippen MR) is 96.4 cm³/mol. The fourth-order valence-electron chi connectivity index (χ4n) is 2.28. The van der Waals surface area contributed by atoms with Gasteiger partial charge in [0.1, 0.15) is 18.0 Å². The van der Waals surface area contributed by atoms with Crippen LogP contribution in [0.1, 0.15) is 29.9 Å². The van der Waals surface area contributed by atoms with Gasteiger partial charge in [-0.25, -0.2) is 4.98 Å². The van der Waals surface area contributed by atoms with Gasteiger partial charge in [0, 0.05) is 23.9 Å². The molecule has 0 aliphatic carbocycles. The van der Waals surface area contributed by atoms with Crippen molar-refractivity contribution in [1.29, 1.82) is 0 Å². The molecule has 3 rings (SSSR count). The van der Waals surface area contributed by atoms with Crippen molar-refractivity contribution in [1.82, 2.24) is 20.2 Å². The van der Waals surface area contributed by atoms with Crippen molar-refractivity contribution in [2.24, 2.45) is 5.92 Å². The van der Waals surface area contributed by atoms with Crippen LogP contribution in [0.2, 0.25) is 0 Å². The average Bonchev–Trinajstić information content (AvgIpc) is 3.07. The Balaban J connectivity index is 1.61. The lowest BCUT2D eigenvalue weighted by molar-refractivity contribution is -0.124. The first-order chi connectivity index (χ1) is 12.5. The summed E-state index contributed by atoms with van der Waals surface area (Å²) in [4.78, 5) is 28.1. The maximum absolute atomic E-state index is 12.1. The van der Waals surface area contributed by atoms with Crippen molar-refractivity contribution >= 4 is 17.5 Å². The summed E-state index contributed by atoms with van der Waals surface area (Å²) >= 11 is 0. The van der Waals surface area contributed by atoms with Crippen molar-refractivity contribution in [3.63, 3.8) is 0 Å². The van der Waals surface area contributed by atoms with Gasteiger partial charge < -0.3 is 9.14 Å². The highest BCUT2D eigenvalue weighted by atomic mass is 16.5. The van der Waals surface area contributed by atoms with Crippen LogP contribution in [0.25, 0.3) is 5.65 Å². The summed E-state index contributed by atoms with van der Waals surface area (Å²) in [5, 5.41) is 0. The third-order valence-electron chi connectivity index (χ3n) is 3.72. The van der Waals surface area contributed by atoms with E-state index in [-0.39, 0.29) is 18.4 Å². The second-order valence-corrected chi connectivity index (χ2v) is 6.11. The normalized spacial score (nSPS) is 10.7. The van der Waals surface area contributed by atoms with E-state index in [2.05, 4.69) is 15.8 Å². The van der Waals surface area contributed by atoms with Gasteiger partial charge in [-0.3, -0.25) is 20.4 Å². The van der Waals surface area contributed by atoms with E-state index in [9.17, 15) is 9.59 Å². The van der Waals surface area contributed by atoms with Gasteiger partial charge in [0.15, 0.2) is 0 Å². The number of carbonyl (C=O) groups is 2. The predicted octanol–water partition coefficient (Wildman–Crippen LogP) is 2.33. The van der Waals surface area contributed by atoms with E-state index in [1.54, 1.807) is 38.1 Å². The lowest BCUT2D eigenvalue weighted by atomic mass is 10.2. The second-order valence-electron chi connectivity index (χ2n) is 6.11. The molecule has 0 saturated carbocycles. The first-order valence-corrected chi connectivity index (χ1v) is 8.28. The van der Waals surface area contributed by atoms with Crippen LogP contribution < -0.4 is 15.6 Å². The molecule has 0 bridgehead atoms. The second kappa shape index (κ2) is 7.69. The first-order valence-electron chi connectivity index (χ1n) is 8.28. The summed E-state index contributed by atoms with van der Waals surface area (Å²) in [6.45, 7) is 3.78. The Bertz CT molecular complexity index is 900. The minimum absolute atomic E-state index is 0.213. The zero-order chi connectivity index (χ0) is 18.5. The number of ether oxygens (including phenoxy) is 1. The summed E-state index contributed by atoms with van der Waals surface area (Å²) in [6, 6.07) is 12.5. The molecule has 0 aliphatic rings.